The number of nitrogens with zero attached hydrogens (tertiary/aromatic N) is 3. The van der Waals surface area contributed by atoms with E-state index in [0.29, 0.717) is 16.1 Å². The minimum Gasteiger partial charge on any atom is -0.321 e. The summed E-state index contributed by atoms with van der Waals surface area (Å²) in [6.07, 6.45) is 2.81. The summed E-state index contributed by atoms with van der Waals surface area (Å²) in [5.74, 6) is -1.04. The summed E-state index contributed by atoms with van der Waals surface area (Å²) in [5, 5.41) is 6.14. The molecule has 45 heavy (non-hydrogen) atoms. The van der Waals surface area contributed by atoms with Crippen LogP contribution in [0.5, 0.6) is 0 Å². The molecule has 0 saturated carbocycles. The molecule has 0 spiro atoms. The van der Waals surface area contributed by atoms with E-state index >= 15 is 0 Å². The number of anilines is 1. The first-order valence-electron chi connectivity index (χ1n) is 14.9. The molecule has 5 rings (SSSR count). The Morgan fingerprint density at radius 1 is 0.933 bits per heavy atom. The summed E-state index contributed by atoms with van der Waals surface area (Å²) < 4.78 is 40.0. The molecule has 0 aliphatic carbocycles. The molecule has 2 saturated heterocycles. The third-order valence-corrected chi connectivity index (χ3v) is 9.06. The molecule has 2 aliphatic heterocycles. The van der Waals surface area contributed by atoms with Crippen LogP contribution < -0.4 is 10.7 Å². The van der Waals surface area contributed by atoms with Gasteiger partial charge in [-0.2, -0.15) is 18.3 Å². The number of hydrogen-bond acceptors (Lipinski definition) is 5. The minimum atomic E-state index is -4.63. The number of piperidine rings is 2. The molecule has 238 valence electrons. The Bertz CT molecular complexity index is 1540. The first kappa shape index (κ1) is 33.1. The number of hydrazone groups is 1. The van der Waals surface area contributed by atoms with Gasteiger partial charge < -0.3 is 10.2 Å². The van der Waals surface area contributed by atoms with Crippen molar-refractivity contribution < 1.29 is 22.8 Å². The van der Waals surface area contributed by atoms with Crippen molar-refractivity contribution in [1.29, 1.82) is 0 Å². The van der Waals surface area contributed by atoms with E-state index in [0.717, 1.165) is 43.5 Å². The van der Waals surface area contributed by atoms with Crippen molar-refractivity contribution in [2.45, 2.75) is 50.9 Å². The van der Waals surface area contributed by atoms with Gasteiger partial charge in [-0.15, -0.1) is 0 Å². The van der Waals surface area contributed by atoms with Gasteiger partial charge in [-0.3, -0.25) is 14.5 Å². The summed E-state index contributed by atoms with van der Waals surface area (Å²) in [6.45, 7) is 5.42. The molecule has 12 heteroatoms. The van der Waals surface area contributed by atoms with Crippen molar-refractivity contribution in [3.63, 3.8) is 0 Å². The van der Waals surface area contributed by atoms with Crippen LogP contribution in [-0.2, 0) is 12.7 Å². The number of benzene rings is 3. The molecule has 0 aromatic heterocycles. The highest BCUT2D eigenvalue weighted by Gasteiger charge is 2.33. The molecular weight excluding hydrogens is 671 g/mol. The van der Waals surface area contributed by atoms with Gasteiger partial charge >= 0.3 is 6.18 Å². The van der Waals surface area contributed by atoms with E-state index < -0.39 is 22.7 Å². The lowest BCUT2D eigenvalue weighted by atomic mass is 9.99. The highest BCUT2D eigenvalue weighted by molar-refractivity contribution is 9.10. The summed E-state index contributed by atoms with van der Waals surface area (Å²) in [7, 11) is 0. The third kappa shape index (κ3) is 8.94. The second-order valence-electron chi connectivity index (χ2n) is 11.4. The molecule has 0 radical (unpaired) electrons. The van der Waals surface area contributed by atoms with Crippen molar-refractivity contribution in [1.82, 2.24) is 15.2 Å². The number of rotatable bonds is 8. The summed E-state index contributed by atoms with van der Waals surface area (Å²) in [4.78, 5) is 31.2. The van der Waals surface area contributed by atoms with Crippen LogP contribution in [0.2, 0.25) is 5.02 Å². The number of likely N-dealkylation sites (tertiary alicyclic amines) is 2. The van der Waals surface area contributed by atoms with Gasteiger partial charge in [0.05, 0.1) is 28.1 Å². The lowest BCUT2D eigenvalue weighted by Crippen LogP contribution is -2.46. The Morgan fingerprint density at radius 3 is 2.33 bits per heavy atom. The number of carbonyl (C=O) groups is 2. The van der Waals surface area contributed by atoms with Crippen LogP contribution in [0, 0.1) is 0 Å². The molecule has 7 nitrogen and oxygen atoms in total. The number of nitrogens with one attached hydrogen (secondary N) is 2. The molecule has 3 aromatic carbocycles. The number of halogens is 5. The van der Waals surface area contributed by atoms with E-state index in [1.54, 1.807) is 24.3 Å². The maximum atomic E-state index is 13.1. The number of alkyl halides is 3. The standard InChI is InChI=1S/C33H34BrClF3N5O2/c34-25-9-11-30(27(19-25)32(45)41-39-20-23-6-10-29(35)28(18-23)33(36,37)38)40-31(44)24-7-4-22(5-8-24)21-42-16-12-26(13-17-42)43-14-2-1-3-15-43/h4-11,18-20,26H,1-3,12-17,21H2,(H,40,44)(H,41,45)/b39-20+. The minimum absolute atomic E-state index is 0.0974. The average Bonchev–Trinajstić information content (AvgIpc) is 3.03. The predicted octanol–water partition coefficient (Wildman–Crippen LogP) is 7.59. The Hall–Kier alpha value is -3.25. The van der Waals surface area contributed by atoms with Gasteiger partial charge in [-0.25, -0.2) is 5.43 Å². The van der Waals surface area contributed by atoms with Crippen molar-refractivity contribution in [3.05, 3.63) is 98.0 Å². The van der Waals surface area contributed by atoms with Crippen molar-refractivity contribution in [2.24, 2.45) is 5.10 Å². The Morgan fingerprint density at radius 2 is 1.64 bits per heavy atom. The molecule has 2 aliphatic rings. The van der Waals surface area contributed by atoms with Crippen molar-refractivity contribution >= 4 is 51.2 Å². The molecule has 0 bridgehead atoms. The fourth-order valence-electron chi connectivity index (χ4n) is 5.82. The number of carbonyl (C=O) groups excluding carboxylic acids is 2. The van der Waals surface area contributed by atoms with E-state index in [1.807, 2.05) is 12.1 Å². The maximum absolute atomic E-state index is 13.1. The van der Waals surface area contributed by atoms with E-state index in [9.17, 15) is 22.8 Å². The smallest absolute Gasteiger partial charge is 0.321 e. The van der Waals surface area contributed by atoms with E-state index in [1.165, 1.54) is 57.3 Å². The lowest BCUT2D eigenvalue weighted by molar-refractivity contribution is -0.137. The van der Waals surface area contributed by atoms with Crippen LogP contribution in [0.1, 0.15) is 69.5 Å². The zero-order chi connectivity index (χ0) is 32.0. The molecule has 2 N–H and O–H groups in total. The largest absolute Gasteiger partial charge is 0.417 e. The monoisotopic (exact) mass is 703 g/mol. The van der Waals surface area contributed by atoms with E-state index in [4.69, 9.17) is 11.6 Å². The fraction of sp³-hybridized carbons (Fsp3) is 0.364. The summed E-state index contributed by atoms with van der Waals surface area (Å²) in [6, 6.07) is 16.2. The topological polar surface area (TPSA) is 77.0 Å². The van der Waals surface area contributed by atoms with E-state index in [2.05, 4.69) is 41.6 Å². The molecule has 2 amide bonds. The average molecular weight is 705 g/mol. The zero-order valence-corrected chi connectivity index (χ0v) is 26.9. The predicted molar refractivity (Wildman–Crippen MR) is 174 cm³/mol. The molecule has 3 aromatic rings. The lowest BCUT2D eigenvalue weighted by Gasteiger charge is -2.40. The Labute approximate surface area is 273 Å². The molecule has 0 atom stereocenters. The third-order valence-electron chi connectivity index (χ3n) is 8.24. The highest BCUT2D eigenvalue weighted by Crippen LogP contribution is 2.35. The maximum Gasteiger partial charge on any atom is 0.417 e. The van der Waals surface area contributed by atoms with Gasteiger partial charge in [-0.05, 0) is 105 Å². The van der Waals surface area contributed by atoms with Crippen LogP contribution in [0.4, 0.5) is 18.9 Å². The van der Waals surface area contributed by atoms with Crippen LogP contribution in [-0.4, -0.2) is 60.0 Å². The van der Waals surface area contributed by atoms with Gasteiger partial charge in [-0.1, -0.05) is 52.2 Å². The van der Waals surface area contributed by atoms with E-state index in [-0.39, 0.29) is 22.7 Å². The second-order valence-corrected chi connectivity index (χ2v) is 12.7. The van der Waals surface area contributed by atoms with Crippen LogP contribution in [0.3, 0.4) is 0 Å². The van der Waals surface area contributed by atoms with Gasteiger partial charge in [0.1, 0.15) is 0 Å². The highest BCUT2D eigenvalue weighted by atomic mass is 79.9. The Balaban J connectivity index is 1.17. The quantitative estimate of drug-likeness (QED) is 0.187. The Kier molecular flexibility index (Phi) is 11.0. The molecule has 2 heterocycles. The second kappa shape index (κ2) is 14.9. The fourth-order valence-corrected chi connectivity index (χ4v) is 6.41. The first-order valence-corrected chi connectivity index (χ1v) is 16.1. The van der Waals surface area contributed by atoms with Crippen molar-refractivity contribution in [3.8, 4) is 0 Å². The molecule has 0 unspecified atom stereocenters. The first-order chi connectivity index (χ1) is 21.6. The SMILES string of the molecule is O=C(Nc1ccc(Br)cc1C(=O)N/N=C/c1ccc(Cl)c(C(F)(F)F)c1)c1ccc(CN2CCC(N3CCCCC3)CC2)cc1. The van der Waals surface area contributed by atoms with Crippen LogP contribution in [0.25, 0.3) is 0 Å². The van der Waals surface area contributed by atoms with Crippen molar-refractivity contribution in [2.75, 3.05) is 31.5 Å². The van der Waals surface area contributed by atoms with Crippen LogP contribution in [0.15, 0.2) is 70.2 Å². The summed E-state index contributed by atoms with van der Waals surface area (Å²) >= 11 is 8.99. The van der Waals surface area contributed by atoms with Gasteiger partial charge in [0.25, 0.3) is 11.8 Å². The molecular formula is C33H34BrClF3N5O2. The van der Waals surface area contributed by atoms with Crippen LogP contribution >= 0.6 is 27.5 Å². The zero-order valence-electron chi connectivity index (χ0n) is 24.5. The van der Waals surface area contributed by atoms with Gasteiger partial charge in [0, 0.05) is 22.6 Å². The normalized spacial score (nSPS) is 17.0. The van der Waals surface area contributed by atoms with Gasteiger partial charge in [0.2, 0.25) is 0 Å². The molecule has 2 fully saturated rings. The number of amides is 2. The van der Waals surface area contributed by atoms with Gasteiger partial charge in [0.15, 0.2) is 0 Å². The number of hydrogen-bond donors (Lipinski definition) is 2. The summed E-state index contributed by atoms with van der Waals surface area (Å²) in [5.41, 5.74) is 3.34.